The molecule has 0 aliphatic carbocycles. The van der Waals surface area contributed by atoms with Crippen molar-refractivity contribution < 1.29 is 4.52 Å². The third-order valence-electron chi connectivity index (χ3n) is 5.97. The average molecular weight is 535 g/mol. The van der Waals surface area contributed by atoms with Crippen molar-refractivity contribution in [3.63, 3.8) is 0 Å². The molecule has 1 aliphatic rings. The molecule has 1 aromatic rings. The summed E-state index contributed by atoms with van der Waals surface area (Å²) in [7, 11) is 2.20. The molecule has 30 heavy (non-hydrogen) atoms. The molecule has 0 aromatic carbocycles. The molecule has 0 spiro atoms. The summed E-state index contributed by atoms with van der Waals surface area (Å²) in [5.74, 6) is 2.72. The Bertz CT molecular complexity index is 609. The lowest BCUT2D eigenvalue weighted by Crippen LogP contribution is -2.55. The van der Waals surface area contributed by atoms with Gasteiger partial charge in [-0.1, -0.05) is 32.9 Å². The second kappa shape index (κ2) is 14.2. The van der Waals surface area contributed by atoms with Crippen LogP contribution >= 0.6 is 24.0 Å². The zero-order valence-electron chi connectivity index (χ0n) is 19.8. The van der Waals surface area contributed by atoms with E-state index in [-0.39, 0.29) is 24.0 Å². The molecular formula is C22H43IN6O. The number of halogens is 1. The number of rotatable bonds is 10. The summed E-state index contributed by atoms with van der Waals surface area (Å²) in [5, 5.41) is 11.2. The van der Waals surface area contributed by atoms with Gasteiger partial charge in [0.25, 0.3) is 0 Å². The minimum atomic E-state index is 0. The molecule has 174 valence electrons. The molecule has 1 saturated heterocycles. The first-order valence-electron chi connectivity index (χ1n) is 11.4. The molecule has 1 aromatic heterocycles. The van der Waals surface area contributed by atoms with E-state index in [0.717, 1.165) is 69.5 Å². The van der Waals surface area contributed by atoms with Crippen molar-refractivity contribution >= 4 is 29.9 Å². The van der Waals surface area contributed by atoms with E-state index in [9.17, 15) is 0 Å². The molecule has 1 unspecified atom stereocenters. The quantitative estimate of drug-likeness (QED) is 0.272. The minimum Gasteiger partial charge on any atom is -0.359 e. The molecule has 2 N–H and O–H groups in total. The molecule has 0 saturated carbocycles. The predicted molar refractivity (Wildman–Crippen MR) is 136 cm³/mol. The number of hydrogen-bond acceptors (Lipinski definition) is 5. The molecule has 7 nitrogen and oxygen atoms in total. The normalized spacial score (nSPS) is 17.3. The van der Waals surface area contributed by atoms with Gasteiger partial charge in [0.1, 0.15) is 6.54 Å². The third kappa shape index (κ3) is 8.34. The summed E-state index contributed by atoms with van der Waals surface area (Å²) < 4.78 is 5.52. The van der Waals surface area contributed by atoms with Crippen LogP contribution in [0.3, 0.4) is 0 Å². The van der Waals surface area contributed by atoms with E-state index in [1.807, 2.05) is 0 Å². The smallest absolute Gasteiger partial charge is 0.191 e. The van der Waals surface area contributed by atoms with Crippen molar-refractivity contribution in [2.24, 2.45) is 10.9 Å². The van der Waals surface area contributed by atoms with Gasteiger partial charge in [0.05, 0.1) is 5.69 Å². The van der Waals surface area contributed by atoms with Gasteiger partial charge in [-0.25, -0.2) is 4.99 Å². The highest BCUT2D eigenvalue weighted by Crippen LogP contribution is 2.22. The molecular weight excluding hydrogens is 491 g/mol. The summed E-state index contributed by atoms with van der Waals surface area (Å²) >= 11 is 0. The molecule has 0 bridgehead atoms. The van der Waals surface area contributed by atoms with Crippen LogP contribution in [0.5, 0.6) is 0 Å². The Morgan fingerprint density at radius 3 is 2.37 bits per heavy atom. The Balaban J connectivity index is 0.00000450. The highest BCUT2D eigenvalue weighted by molar-refractivity contribution is 14.0. The predicted octanol–water partition coefficient (Wildman–Crippen LogP) is 3.52. The second-order valence-electron chi connectivity index (χ2n) is 8.46. The number of likely N-dealkylation sites (N-methyl/N-ethyl adjacent to an activating group) is 1. The van der Waals surface area contributed by atoms with E-state index < -0.39 is 0 Å². The van der Waals surface area contributed by atoms with E-state index in [4.69, 9.17) is 9.52 Å². The number of hydrogen-bond donors (Lipinski definition) is 2. The Hall–Kier alpha value is -0.870. The Kier molecular flexibility index (Phi) is 12.9. The number of aliphatic imine (C=N–C) groups is 1. The zero-order chi connectivity index (χ0) is 21.2. The van der Waals surface area contributed by atoms with Crippen LogP contribution in [0.1, 0.15) is 64.8 Å². The largest absolute Gasteiger partial charge is 0.359 e. The Morgan fingerprint density at radius 1 is 1.13 bits per heavy atom. The molecule has 1 fully saturated rings. The fraction of sp³-hybridized carbons (Fsp3) is 0.818. The average Bonchev–Trinajstić information content (AvgIpc) is 3.17. The van der Waals surface area contributed by atoms with Crippen LogP contribution in [-0.4, -0.2) is 73.3 Å². The van der Waals surface area contributed by atoms with Crippen LogP contribution in [0.25, 0.3) is 0 Å². The molecule has 0 amide bonds. The summed E-state index contributed by atoms with van der Waals surface area (Å²) in [6, 6.07) is 2.56. The first-order valence-corrected chi connectivity index (χ1v) is 11.4. The van der Waals surface area contributed by atoms with Crippen LogP contribution in [0, 0.1) is 5.92 Å². The maximum Gasteiger partial charge on any atom is 0.191 e. The van der Waals surface area contributed by atoms with Crippen LogP contribution in [0.2, 0.25) is 0 Å². The molecule has 0 radical (unpaired) electrons. The zero-order valence-corrected chi connectivity index (χ0v) is 22.1. The van der Waals surface area contributed by atoms with E-state index >= 15 is 0 Å². The highest BCUT2D eigenvalue weighted by Gasteiger charge is 2.25. The minimum absolute atomic E-state index is 0. The van der Waals surface area contributed by atoms with Crippen molar-refractivity contribution in [3.8, 4) is 0 Å². The molecule has 2 rings (SSSR count). The fourth-order valence-electron chi connectivity index (χ4n) is 3.94. The van der Waals surface area contributed by atoms with Gasteiger partial charge in [-0.05, 0) is 32.7 Å². The van der Waals surface area contributed by atoms with Crippen LogP contribution in [0.4, 0.5) is 0 Å². The topological polar surface area (TPSA) is 68.9 Å². The lowest BCUT2D eigenvalue weighted by atomic mass is 9.99. The second-order valence-corrected chi connectivity index (χ2v) is 8.46. The maximum absolute atomic E-state index is 5.52. The Labute approximate surface area is 200 Å². The van der Waals surface area contributed by atoms with Crippen molar-refractivity contribution in [2.75, 3.05) is 46.3 Å². The van der Waals surface area contributed by atoms with E-state index in [1.54, 1.807) is 0 Å². The highest BCUT2D eigenvalue weighted by atomic mass is 127. The van der Waals surface area contributed by atoms with Gasteiger partial charge in [-0.3, -0.25) is 4.90 Å². The number of guanidine groups is 1. The fourth-order valence-corrected chi connectivity index (χ4v) is 3.94. The lowest BCUT2D eigenvalue weighted by Gasteiger charge is -2.40. The molecule has 1 aliphatic heterocycles. The van der Waals surface area contributed by atoms with Gasteiger partial charge in [-0.15, -0.1) is 24.0 Å². The number of nitrogens with zero attached hydrogens (tertiary/aromatic N) is 4. The van der Waals surface area contributed by atoms with E-state index in [2.05, 4.69) is 73.3 Å². The van der Waals surface area contributed by atoms with Gasteiger partial charge in [0.15, 0.2) is 11.7 Å². The number of piperazine rings is 1. The lowest BCUT2D eigenvalue weighted by molar-refractivity contribution is 0.0900. The van der Waals surface area contributed by atoms with Gasteiger partial charge in [-0.2, -0.15) is 0 Å². The summed E-state index contributed by atoms with van der Waals surface area (Å²) in [4.78, 5) is 9.74. The van der Waals surface area contributed by atoms with Crippen molar-refractivity contribution in [1.29, 1.82) is 0 Å². The first kappa shape index (κ1) is 27.2. The summed E-state index contributed by atoms with van der Waals surface area (Å²) in [6.45, 7) is 17.9. The summed E-state index contributed by atoms with van der Waals surface area (Å²) in [5.41, 5.74) is 1.05. The summed E-state index contributed by atoms with van der Waals surface area (Å²) in [6.07, 6.45) is 2.16. The van der Waals surface area contributed by atoms with Gasteiger partial charge in [0.2, 0.25) is 0 Å². The SMILES string of the molecule is CCNC(=NCc1cc(C(CC)CC)no1)NCC(C(C)C)N1CCN(C)CC1.I. The van der Waals surface area contributed by atoms with Crippen LogP contribution in [0.15, 0.2) is 15.6 Å². The number of aromatic nitrogens is 1. The molecule has 8 heteroatoms. The van der Waals surface area contributed by atoms with Gasteiger partial charge >= 0.3 is 0 Å². The molecule has 1 atom stereocenters. The van der Waals surface area contributed by atoms with Gasteiger partial charge < -0.3 is 20.1 Å². The monoisotopic (exact) mass is 534 g/mol. The van der Waals surface area contributed by atoms with Gasteiger partial charge in [0, 0.05) is 57.3 Å². The number of nitrogens with one attached hydrogen (secondary N) is 2. The molecule has 2 heterocycles. The third-order valence-corrected chi connectivity index (χ3v) is 5.97. The standard InChI is InChI=1S/C22H42N6O.HI/c1-7-18(8-2)20-14-19(29-26-20)15-24-22(23-9-3)25-16-21(17(4)5)28-12-10-27(6)11-13-28;/h14,17-18,21H,7-13,15-16H2,1-6H3,(H2,23,24,25);1H. The van der Waals surface area contributed by atoms with E-state index in [1.165, 1.54) is 0 Å². The Morgan fingerprint density at radius 2 is 1.80 bits per heavy atom. The van der Waals surface area contributed by atoms with Crippen molar-refractivity contribution in [1.82, 2.24) is 25.6 Å². The first-order chi connectivity index (χ1) is 14.0. The van der Waals surface area contributed by atoms with Crippen molar-refractivity contribution in [2.45, 2.75) is 66.0 Å². The van der Waals surface area contributed by atoms with Crippen LogP contribution in [-0.2, 0) is 6.54 Å². The maximum atomic E-state index is 5.52. The van der Waals surface area contributed by atoms with Crippen LogP contribution < -0.4 is 10.6 Å². The van der Waals surface area contributed by atoms with E-state index in [0.29, 0.717) is 24.4 Å². The van der Waals surface area contributed by atoms with Crippen molar-refractivity contribution in [3.05, 3.63) is 17.5 Å².